The fraction of sp³-hybridized carbons (Fsp3) is 0.600. The van der Waals surface area contributed by atoms with E-state index in [0.29, 0.717) is 18.6 Å². The summed E-state index contributed by atoms with van der Waals surface area (Å²) < 4.78 is 2.91. The average molecular weight is 325 g/mol. The van der Waals surface area contributed by atoms with Gasteiger partial charge < -0.3 is 0 Å². The highest BCUT2D eigenvalue weighted by Crippen LogP contribution is 2.24. The van der Waals surface area contributed by atoms with Gasteiger partial charge in [0.2, 0.25) is 0 Å². The molecule has 4 heteroatoms. The van der Waals surface area contributed by atoms with Crippen LogP contribution in [0.4, 0.5) is 0 Å². The van der Waals surface area contributed by atoms with E-state index in [9.17, 15) is 4.79 Å². The molecule has 0 N–H and O–H groups in total. The molecule has 0 saturated carbocycles. The summed E-state index contributed by atoms with van der Waals surface area (Å²) in [4.78, 5) is 12.2. The van der Waals surface area contributed by atoms with Crippen molar-refractivity contribution in [3.63, 3.8) is 0 Å². The van der Waals surface area contributed by atoms with Crippen molar-refractivity contribution in [2.24, 2.45) is 0 Å². The zero-order valence-electron chi connectivity index (χ0n) is 11.7. The van der Waals surface area contributed by atoms with Gasteiger partial charge >= 0.3 is 0 Å². The molecule has 0 aliphatic heterocycles. The zero-order valence-corrected chi connectivity index (χ0v) is 13.3. The van der Waals surface area contributed by atoms with E-state index in [-0.39, 0.29) is 0 Å². The minimum atomic E-state index is 0.295. The third-order valence-corrected chi connectivity index (χ3v) is 4.66. The van der Waals surface area contributed by atoms with E-state index in [0.717, 1.165) is 35.2 Å². The highest BCUT2D eigenvalue weighted by atomic mass is 79.9. The van der Waals surface area contributed by atoms with Crippen LogP contribution in [0, 0.1) is 6.92 Å². The Kier molecular flexibility index (Phi) is 4.97. The number of hydrogen-bond acceptors (Lipinski definition) is 2. The lowest BCUT2D eigenvalue weighted by Gasteiger charge is -2.12. The maximum absolute atomic E-state index is 12.2. The molecular formula is C15H21BrN2O. The van der Waals surface area contributed by atoms with Crippen LogP contribution in [-0.2, 0) is 17.8 Å². The topological polar surface area (TPSA) is 34.9 Å². The number of carbonyl (C=O) groups is 1. The molecule has 0 unspecified atom stereocenters. The normalized spacial score (nSPS) is 15.4. The minimum absolute atomic E-state index is 0.295. The van der Waals surface area contributed by atoms with Crippen molar-refractivity contribution < 1.29 is 4.79 Å². The molecule has 104 valence electrons. The smallest absolute Gasteiger partial charge is 0.142 e. The molecule has 19 heavy (non-hydrogen) atoms. The highest BCUT2D eigenvalue weighted by molar-refractivity contribution is 9.10. The second kappa shape index (κ2) is 6.51. The maximum Gasteiger partial charge on any atom is 0.142 e. The van der Waals surface area contributed by atoms with Gasteiger partial charge in [-0.05, 0) is 55.5 Å². The number of aromatic nitrogens is 2. The monoisotopic (exact) mass is 324 g/mol. The number of carbonyl (C=O) groups excluding carboxylic acids is 1. The largest absolute Gasteiger partial charge is 0.299 e. The molecule has 0 atom stereocenters. The zero-order chi connectivity index (χ0) is 13.8. The number of nitrogens with zero attached hydrogens (tertiary/aromatic N) is 2. The second-order valence-corrected chi connectivity index (χ2v) is 5.96. The lowest BCUT2D eigenvalue weighted by Crippen LogP contribution is -2.11. The molecule has 1 aliphatic carbocycles. The molecule has 1 aromatic heterocycles. The summed E-state index contributed by atoms with van der Waals surface area (Å²) in [6.45, 7) is 4.82. The molecule has 1 aliphatic rings. The Labute approximate surface area is 123 Å². The molecule has 0 spiro atoms. The highest BCUT2D eigenvalue weighted by Gasteiger charge is 2.16. The van der Waals surface area contributed by atoms with Gasteiger partial charge in [-0.1, -0.05) is 11.6 Å². The van der Waals surface area contributed by atoms with Crippen LogP contribution in [0.25, 0.3) is 0 Å². The van der Waals surface area contributed by atoms with Gasteiger partial charge in [-0.3, -0.25) is 9.48 Å². The molecule has 3 nitrogen and oxygen atoms in total. The van der Waals surface area contributed by atoms with Crippen molar-refractivity contribution in [1.29, 1.82) is 0 Å². The van der Waals surface area contributed by atoms with Crippen LogP contribution in [0.2, 0.25) is 0 Å². The van der Waals surface area contributed by atoms with Gasteiger partial charge in [-0.2, -0.15) is 5.10 Å². The molecule has 0 amide bonds. The summed E-state index contributed by atoms with van der Waals surface area (Å²) in [6, 6.07) is 0. The third-order valence-electron chi connectivity index (χ3n) is 3.63. The van der Waals surface area contributed by atoms with Crippen LogP contribution in [0.15, 0.2) is 16.1 Å². The Bertz CT molecular complexity index is 502. The van der Waals surface area contributed by atoms with Crippen molar-refractivity contribution in [2.45, 2.75) is 58.9 Å². The number of hydrogen-bond donors (Lipinski definition) is 0. The minimum Gasteiger partial charge on any atom is -0.299 e. The number of rotatable bonds is 5. The van der Waals surface area contributed by atoms with Gasteiger partial charge in [0.05, 0.1) is 15.9 Å². The lowest BCUT2D eigenvalue weighted by molar-refractivity contribution is -0.117. The van der Waals surface area contributed by atoms with Gasteiger partial charge in [0.15, 0.2) is 0 Å². The Morgan fingerprint density at radius 2 is 2.21 bits per heavy atom. The van der Waals surface area contributed by atoms with Crippen molar-refractivity contribution >= 4 is 21.7 Å². The van der Waals surface area contributed by atoms with Crippen LogP contribution in [0.3, 0.4) is 0 Å². The fourth-order valence-electron chi connectivity index (χ4n) is 2.61. The quantitative estimate of drug-likeness (QED) is 0.768. The van der Waals surface area contributed by atoms with Crippen LogP contribution >= 0.6 is 15.9 Å². The Morgan fingerprint density at radius 1 is 1.42 bits per heavy atom. The molecule has 1 aromatic rings. The predicted octanol–water partition coefficient (Wildman–Crippen LogP) is 3.98. The third kappa shape index (κ3) is 3.56. The van der Waals surface area contributed by atoms with E-state index in [1.165, 1.54) is 18.4 Å². The van der Waals surface area contributed by atoms with Crippen molar-refractivity contribution in [3.8, 4) is 0 Å². The van der Waals surface area contributed by atoms with E-state index >= 15 is 0 Å². The number of halogens is 1. The van der Waals surface area contributed by atoms with E-state index in [4.69, 9.17) is 0 Å². The van der Waals surface area contributed by atoms with Crippen LogP contribution in [0.1, 0.15) is 50.4 Å². The summed E-state index contributed by atoms with van der Waals surface area (Å²) in [5.41, 5.74) is 3.30. The maximum atomic E-state index is 12.2. The number of allylic oxidation sites excluding steroid dienone is 2. The molecular weight excluding hydrogens is 304 g/mol. The first kappa shape index (κ1) is 14.5. The van der Waals surface area contributed by atoms with Gasteiger partial charge in [-0.25, -0.2) is 0 Å². The van der Waals surface area contributed by atoms with Crippen molar-refractivity contribution in [1.82, 2.24) is 9.78 Å². The summed E-state index contributed by atoms with van der Waals surface area (Å²) in [5, 5.41) is 4.43. The van der Waals surface area contributed by atoms with Crippen molar-refractivity contribution in [3.05, 3.63) is 27.5 Å². The van der Waals surface area contributed by atoms with Crippen LogP contribution in [-0.4, -0.2) is 15.6 Å². The average Bonchev–Trinajstić information content (AvgIpc) is 2.67. The predicted molar refractivity (Wildman–Crippen MR) is 80.2 cm³/mol. The van der Waals surface area contributed by atoms with Gasteiger partial charge in [0.25, 0.3) is 0 Å². The first-order valence-electron chi connectivity index (χ1n) is 7.03. The first-order chi connectivity index (χ1) is 9.11. The van der Waals surface area contributed by atoms with Gasteiger partial charge in [-0.15, -0.1) is 0 Å². The Morgan fingerprint density at radius 3 is 2.84 bits per heavy atom. The second-order valence-electron chi connectivity index (χ2n) is 5.16. The Hall–Kier alpha value is -0.900. The molecule has 2 rings (SSSR count). The number of ketones is 1. The summed E-state index contributed by atoms with van der Waals surface area (Å²) >= 11 is 3.55. The van der Waals surface area contributed by atoms with Gasteiger partial charge in [0.1, 0.15) is 5.78 Å². The molecule has 1 heterocycles. The lowest BCUT2D eigenvalue weighted by atomic mass is 9.94. The number of Topliss-reactive ketones (excluding diaryl/α,β-unsaturated/α-hetero) is 1. The van der Waals surface area contributed by atoms with Crippen molar-refractivity contribution in [2.75, 3.05) is 0 Å². The fourth-order valence-corrected chi connectivity index (χ4v) is 3.03. The summed E-state index contributed by atoms with van der Waals surface area (Å²) in [5.74, 6) is 0.295. The molecule has 0 fully saturated rings. The van der Waals surface area contributed by atoms with Crippen LogP contribution < -0.4 is 0 Å². The summed E-state index contributed by atoms with van der Waals surface area (Å²) in [6.07, 6.45) is 8.07. The molecule has 0 bridgehead atoms. The molecule has 0 saturated heterocycles. The standard InChI is InChI=1S/C15H21BrN2O/c1-3-18-14(15(16)11(2)17-18)10-13(19)9-12-7-5-4-6-8-12/h7H,3-6,8-10H2,1-2H3. The SMILES string of the molecule is CCn1nc(C)c(Br)c1CC(=O)CC1=CCCCC1. The van der Waals surface area contributed by atoms with E-state index in [1.54, 1.807) is 0 Å². The first-order valence-corrected chi connectivity index (χ1v) is 7.82. The molecule has 0 aromatic carbocycles. The molecule has 0 radical (unpaired) electrons. The van der Waals surface area contributed by atoms with Gasteiger partial charge in [0, 0.05) is 19.4 Å². The number of aryl methyl sites for hydroxylation is 2. The van der Waals surface area contributed by atoms with Crippen LogP contribution in [0.5, 0.6) is 0 Å². The Balaban J connectivity index is 2.04. The van der Waals surface area contributed by atoms with E-state index < -0.39 is 0 Å². The van der Waals surface area contributed by atoms with E-state index in [2.05, 4.69) is 34.0 Å². The summed E-state index contributed by atoms with van der Waals surface area (Å²) in [7, 11) is 0. The van der Waals surface area contributed by atoms with E-state index in [1.807, 2.05) is 11.6 Å².